The third-order valence-corrected chi connectivity index (χ3v) is 4.36. The van der Waals surface area contributed by atoms with E-state index >= 15 is 0 Å². The van der Waals surface area contributed by atoms with Crippen molar-refractivity contribution in [2.24, 2.45) is 4.99 Å². The summed E-state index contributed by atoms with van der Waals surface area (Å²) in [4.78, 5) is 8.84. The lowest BCUT2D eigenvalue weighted by atomic mass is 10.1. The molecular formula is C21H27IN4O. The van der Waals surface area contributed by atoms with E-state index in [1.807, 2.05) is 30.6 Å². The Kier molecular flexibility index (Phi) is 8.09. The molecule has 1 aromatic carbocycles. The van der Waals surface area contributed by atoms with E-state index in [4.69, 9.17) is 9.41 Å². The molecule has 2 aromatic heterocycles. The second-order valence-corrected chi connectivity index (χ2v) is 6.37. The first kappa shape index (κ1) is 21.2. The number of rotatable bonds is 6. The number of nitrogens with one attached hydrogen (secondary N) is 2. The number of aryl methyl sites for hydroxylation is 1. The molecule has 1 unspecified atom stereocenters. The highest BCUT2D eigenvalue weighted by Gasteiger charge is 2.13. The van der Waals surface area contributed by atoms with Gasteiger partial charge in [0, 0.05) is 30.9 Å². The van der Waals surface area contributed by atoms with Gasteiger partial charge < -0.3 is 15.1 Å². The van der Waals surface area contributed by atoms with Gasteiger partial charge >= 0.3 is 0 Å². The molecule has 3 aromatic rings. The molecule has 0 bridgehead atoms. The van der Waals surface area contributed by atoms with Crippen LogP contribution in [0.1, 0.15) is 36.8 Å². The van der Waals surface area contributed by atoms with Gasteiger partial charge in [0.1, 0.15) is 11.3 Å². The molecule has 5 nitrogen and oxygen atoms in total. The van der Waals surface area contributed by atoms with E-state index in [-0.39, 0.29) is 30.0 Å². The maximum Gasteiger partial charge on any atom is 0.191 e. The molecule has 0 spiro atoms. The Morgan fingerprint density at radius 1 is 1.26 bits per heavy atom. The lowest BCUT2D eigenvalue weighted by Crippen LogP contribution is -2.38. The predicted molar refractivity (Wildman–Crippen MR) is 122 cm³/mol. The topological polar surface area (TPSA) is 62.5 Å². The number of para-hydroxylation sites is 1. The summed E-state index contributed by atoms with van der Waals surface area (Å²) in [7, 11) is 0. The minimum Gasteiger partial charge on any atom is -0.459 e. The lowest BCUT2D eigenvalue weighted by molar-refractivity contribution is 0.488. The Hall–Kier alpha value is -2.09. The van der Waals surface area contributed by atoms with Crippen LogP contribution in [0.4, 0.5) is 0 Å². The van der Waals surface area contributed by atoms with Crippen LogP contribution in [0.5, 0.6) is 0 Å². The van der Waals surface area contributed by atoms with Crippen molar-refractivity contribution in [3.8, 4) is 0 Å². The van der Waals surface area contributed by atoms with Crippen LogP contribution < -0.4 is 10.6 Å². The second-order valence-electron chi connectivity index (χ2n) is 6.37. The molecule has 0 aliphatic heterocycles. The summed E-state index contributed by atoms with van der Waals surface area (Å²) in [5, 5.41) is 7.85. The number of furan rings is 1. The molecule has 144 valence electrons. The van der Waals surface area contributed by atoms with Crippen LogP contribution in [0.2, 0.25) is 0 Å². The Bertz CT molecular complexity index is 858. The largest absolute Gasteiger partial charge is 0.459 e. The Morgan fingerprint density at radius 2 is 2.07 bits per heavy atom. The van der Waals surface area contributed by atoms with Crippen molar-refractivity contribution in [1.29, 1.82) is 0 Å². The van der Waals surface area contributed by atoms with Gasteiger partial charge in [-0.3, -0.25) is 9.98 Å². The molecule has 1 atom stereocenters. The third-order valence-electron chi connectivity index (χ3n) is 4.36. The molecule has 0 fully saturated rings. The summed E-state index contributed by atoms with van der Waals surface area (Å²) in [6.45, 7) is 7.76. The highest BCUT2D eigenvalue weighted by molar-refractivity contribution is 14.0. The molecule has 27 heavy (non-hydrogen) atoms. The summed E-state index contributed by atoms with van der Waals surface area (Å²) < 4.78 is 5.95. The molecule has 0 radical (unpaired) electrons. The van der Waals surface area contributed by atoms with Crippen molar-refractivity contribution in [3.63, 3.8) is 0 Å². The fourth-order valence-electron chi connectivity index (χ4n) is 2.88. The van der Waals surface area contributed by atoms with Gasteiger partial charge in [0.25, 0.3) is 0 Å². The van der Waals surface area contributed by atoms with Crippen molar-refractivity contribution in [2.45, 2.75) is 33.2 Å². The van der Waals surface area contributed by atoms with E-state index in [0.29, 0.717) is 6.54 Å². The molecule has 2 N–H and O–H groups in total. The average molecular weight is 478 g/mol. The first-order valence-electron chi connectivity index (χ1n) is 9.10. The highest BCUT2D eigenvalue weighted by atomic mass is 127. The Balaban J connectivity index is 0.00000261. The number of benzene rings is 1. The van der Waals surface area contributed by atoms with Crippen molar-refractivity contribution < 1.29 is 4.42 Å². The van der Waals surface area contributed by atoms with E-state index in [9.17, 15) is 0 Å². The van der Waals surface area contributed by atoms with Crippen LogP contribution in [0.3, 0.4) is 0 Å². The maximum atomic E-state index is 5.95. The molecule has 0 aliphatic carbocycles. The van der Waals surface area contributed by atoms with Crippen LogP contribution >= 0.6 is 24.0 Å². The number of pyridine rings is 1. The number of aliphatic imine (C=N–C) groups is 1. The smallest absolute Gasteiger partial charge is 0.191 e. The van der Waals surface area contributed by atoms with Gasteiger partial charge in [0.15, 0.2) is 5.96 Å². The van der Waals surface area contributed by atoms with Gasteiger partial charge in [-0.2, -0.15) is 0 Å². The summed E-state index contributed by atoms with van der Waals surface area (Å²) in [5.74, 6) is 1.70. The van der Waals surface area contributed by atoms with E-state index < -0.39 is 0 Å². The van der Waals surface area contributed by atoms with Gasteiger partial charge in [-0.1, -0.05) is 18.2 Å². The summed E-state index contributed by atoms with van der Waals surface area (Å²) in [6, 6.07) is 12.2. The zero-order valence-corrected chi connectivity index (χ0v) is 18.4. The standard InChI is InChI=1S/C21H26N4O.HI/c1-4-23-21(24-12-10-17-9-11-22-14-15(17)2)25-16(3)20-13-18-7-5-6-8-19(18)26-20;/h5-9,11,13-14,16H,4,10,12H2,1-3H3,(H2,23,24,25);1H. The summed E-state index contributed by atoms with van der Waals surface area (Å²) in [6.07, 6.45) is 4.62. The van der Waals surface area contributed by atoms with Gasteiger partial charge in [0.05, 0.1) is 6.04 Å². The van der Waals surface area contributed by atoms with Crippen LogP contribution in [-0.2, 0) is 6.42 Å². The number of guanidine groups is 1. The van der Waals surface area contributed by atoms with Crippen LogP contribution in [0.15, 0.2) is 58.2 Å². The van der Waals surface area contributed by atoms with Crippen molar-refractivity contribution in [3.05, 3.63) is 65.7 Å². The second kappa shape index (κ2) is 10.3. The monoisotopic (exact) mass is 478 g/mol. The zero-order chi connectivity index (χ0) is 18.4. The summed E-state index contributed by atoms with van der Waals surface area (Å²) in [5.41, 5.74) is 3.40. The first-order chi connectivity index (χ1) is 12.7. The van der Waals surface area contributed by atoms with Gasteiger partial charge in [-0.05, 0) is 56.5 Å². The van der Waals surface area contributed by atoms with E-state index in [1.54, 1.807) is 0 Å². The molecule has 3 rings (SSSR count). The fraction of sp³-hybridized carbons (Fsp3) is 0.333. The molecule has 0 amide bonds. The SMILES string of the molecule is CCNC(=NCCc1ccncc1C)NC(C)c1cc2ccccc2o1.I. The van der Waals surface area contributed by atoms with Gasteiger partial charge in [0.2, 0.25) is 0 Å². The molecule has 6 heteroatoms. The third kappa shape index (κ3) is 5.69. The van der Waals surface area contributed by atoms with Crippen LogP contribution in [0.25, 0.3) is 11.0 Å². The fourth-order valence-corrected chi connectivity index (χ4v) is 2.88. The molecular weight excluding hydrogens is 451 g/mol. The first-order valence-corrected chi connectivity index (χ1v) is 9.10. The Morgan fingerprint density at radius 3 is 2.81 bits per heavy atom. The summed E-state index contributed by atoms with van der Waals surface area (Å²) >= 11 is 0. The van der Waals surface area contributed by atoms with Crippen LogP contribution in [0, 0.1) is 6.92 Å². The minimum atomic E-state index is 0. The molecule has 0 saturated carbocycles. The van der Waals surface area contributed by atoms with Crippen molar-refractivity contribution in [1.82, 2.24) is 15.6 Å². The maximum absolute atomic E-state index is 5.95. The molecule has 0 aliphatic rings. The van der Waals surface area contributed by atoms with Crippen LogP contribution in [-0.4, -0.2) is 24.0 Å². The van der Waals surface area contributed by atoms with E-state index in [2.05, 4.69) is 54.6 Å². The predicted octanol–water partition coefficient (Wildman–Crippen LogP) is 4.61. The number of hydrogen-bond acceptors (Lipinski definition) is 3. The average Bonchev–Trinajstić information content (AvgIpc) is 3.08. The van der Waals surface area contributed by atoms with Crippen molar-refractivity contribution in [2.75, 3.05) is 13.1 Å². The number of halogens is 1. The van der Waals surface area contributed by atoms with Gasteiger partial charge in [-0.15, -0.1) is 24.0 Å². The highest BCUT2D eigenvalue weighted by Crippen LogP contribution is 2.23. The van der Waals surface area contributed by atoms with Crippen molar-refractivity contribution >= 4 is 40.9 Å². The molecule has 2 heterocycles. The minimum absolute atomic E-state index is 0. The number of nitrogens with zero attached hydrogens (tertiary/aromatic N) is 2. The molecule has 0 saturated heterocycles. The normalized spacial score (nSPS) is 12.5. The quantitative estimate of drug-likeness (QED) is 0.309. The number of aromatic nitrogens is 1. The zero-order valence-electron chi connectivity index (χ0n) is 16.0. The lowest BCUT2D eigenvalue weighted by Gasteiger charge is -2.16. The van der Waals surface area contributed by atoms with Gasteiger partial charge in [-0.25, -0.2) is 0 Å². The Labute approximate surface area is 177 Å². The van der Waals surface area contributed by atoms with E-state index in [0.717, 1.165) is 35.7 Å². The number of fused-ring (bicyclic) bond motifs is 1. The van der Waals surface area contributed by atoms with E-state index in [1.165, 1.54) is 11.1 Å². The number of hydrogen-bond donors (Lipinski definition) is 2.